The van der Waals surface area contributed by atoms with Gasteiger partial charge in [-0.05, 0) is 38.5 Å². The average molecular weight is 303 g/mol. The second-order valence-electron chi connectivity index (χ2n) is 5.49. The summed E-state index contributed by atoms with van der Waals surface area (Å²) in [5.41, 5.74) is 0.219. The Hall–Kier alpha value is -1.76. The van der Waals surface area contributed by atoms with E-state index in [-0.39, 0.29) is 11.3 Å². The zero-order valence-electron chi connectivity index (χ0n) is 12.3. The predicted molar refractivity (Wildman–Crippen MR) is 75.7 cm³/mol. The van der Waals surface area contributed by atoms with Crippen molar-refractivity contribution in [1.29, 1.82) is 0 Å². The molecule has 4 N–H and O–H groups in total. The van der Waals surface area contributed by atoms with Crippen LogP contribution in [0.2, 0.25) is 0 Å². The molecule has 118 valence electrons. The highest BCUT2D eigenvalue weighted by Gasteiger charge is 2.34. The molecule has 21 heavy (non-hydrogen) atoms. The Kier molecular flexibility index (Phi) is 5.22. The normalized spacial score (nSPS) is 12.1. The van der Waals surface area contributed by atoms with Crippen LogP contribution in [0.15, 0.2) is 18.2 Å². The highest BCUT2D eigenvalue weighted by Crippen LogP contribution is 2.35. The van der Waals surface area contributed by atoms with Crippen molar-refractivity contribution in [3.05, 3.63) is 29.3 Å². The summed E-state index contributed by atoms with van der Waals surface area (Å²) in [7, 11) is 0. The molecule has 7 heteroatoms. The van der Waals surface area contributed by atoms with Gasteiger partial charge in [-0.3, -0.25) is 10.6 Å². The fraction of sp³-hybridized carbons (Fsp3) is 0.500. The minimum absolute atomic E-state index is 0.0505. The summed E-state index contributed by atoms with van der Waals surface area (Å²) in [4.78, 5) is 12.1. The SMILES string of the molecule is CCCC(C)(C)NC(=O)c1ccc(NN)c(C(F)(F)F)c1. The minimum atomic E-state index is -4.59. The Bertz CT molecular complexity index is 513. The molecule has 0 heterocycles. The van der Waals surface area contributed by atoms with Gasteiger partial charge in [-0.15, -0.1) is 0 Å². The Morgan fingerprint density at radius 1 is 1.29 bits per heavy atom. The van der Waals surface area contributed by atoms with Crippen LogP contribution in [0.25, 0.3) is 0 Å². The number of carbonyl (C=O) groups is 1. The van der Waals surface area contributed by atoms with Crippen molar-refractivity contribution >= 4 is 11.6 Å². The lowest BCUT2D eigenvalue weighted by Crippen LogP contribution is -2.43. The first-order valence-electron chi connectivity index (χ1n) is 6.61. The van der Waals surface area contributed by atoms with Crippen molar-refractivity contribution in [1.82, 2.24) is 5.32 Å². The molecule has 0 spiro atoms. The fourth-order valence-corrected chi connectivity index (χ4v) is 2.11. The molecular formula is C14H20F3N3O. The highest BCUT2D eigenvalue weighted by molar-refractivity contribution is 5.95. The number of benzene rings is 1. The van der Waals surface area contributed by atoms with Gasteiger partial charge < -0.3 is 10.7 Å². The number of hydrogen-bond donors (Lipinski definition) is 3. The molecule has 0 fully saturated rings. The summed E-state index contributed by atoms with van der Waals surface area (Å²) in [6, 6.07) is 3.25. The number of halogens is 3. The van der Waals surface area contributed by atoms with E-state index in [4.69, 9.17) is 5.84 Å². The summed E-state index contributed by atoms with van der Waals surface area (Å²) in [5.74, 6) is 4.52. The van der Waals surface area contributed by atoms with E-state index in [2.05, 4.69) is 5.32 Å². The molecule has 0 aliphatic heterocycles. The maximum Gasteiger partial charge on any atom is 0.418 e. The largest absolute Gasteiger partial charge is 0.418 e. The smallest absolute Gasteiger partial charge is 0.347 e. The van der Waals surface area contributed by atoms with Crippen molar-refractivity contribution in [2.45, 2.75) is 45.3 Å². The van der Waals surface area contributed by atoms with E-state index in [1.165, 1.54) is 6.07 Å². The number of amides is 1. The first-order valence-corrected chi connectivity index (χ1v) is 6.61. The molecular weight excluding hydrogens is 283 g/mol. The van der Waals surface area contributed by atoms with Gasteiger partial charge in [0.05, 0.1) is 11.3 Å². The number of nitrogen functional groups attached to an aromatic ring is 1. The van der Waals surface area contributed by atoms with Crippen LogP contribution in [0.5, 0.6) is 0 Å². The number of nitrogens with two attached hydrogens (primary N) is 1. The third-order valence-corrected chi connectivity index (χ3v) is 3.07. The third kappa shape index (κ3) is 4.63. The van der Waals surface area contributed by atoms with Crippen molar-refractivity contribution in [3.8, 4) is 0 Å². The molecule has 1 aromatic rings. The van der Waals surface area contributed by atoms with Gasteiger partial charge in [0, 0.05) is 11.1 Å². The molecule has 0 saturated heterocycles. The Labute approximate surface area is 121 Å². The van der Waals surface area contributed by atoms with Gasteiger partial charge in [0.15, 0.2) is 0 Å². The molecule has 0 aromatic heterocycles. The Morgan fingerprint density at radius 2 is 1.90 bits per heavy atom. The van der Waals surface area contributed by atoms with Crippen LogP contribution in [-0.2, 0) is 6.18 Å². The minimum Gasteiger partial charge on any atom is -0.347 e. The fourth-order valence-electron chi connectivity index (χ4n) is 2.11. The Morgan fingerprint density at radius 3 is 2.38 bits per heavy atom. The molecule has 0 atom stereocenters. The molecule has 0 aliphatic carbocycles. The summed E-state index contributed by atoms with van der Waals surface area (Å²) in [6.07, 6.45) is -3.00. The number of anilines is 1. The number of alkyl halides is 3. The van der Waals surface area contributed by atoms with Crippen molar-refractivity contribution in [2.24, 2.45) is 5.84 Å². The molecule has 0 aliphatic rings. The summed E-state index contributed by atoms with van der Waals surface area (Å²) >= 11 is 0. The molecule has 1 rings (SSSR count). The molecule has 0 unspecified atom stereocenters. The number of hydrogen-bond acceptors (Lipinski definition) is 3. The van der Waals surface area contributed by atoms with E-state index in [0.717, 1.165) is 25.0 Å². The van der Waals surface area contributed by atoms with Gasteiger partial charge in [-0.2, -0.15) is 13.2 Å². The van der Waals surface area contributed by atoms with Crippen molar-refractivity contribution < 1.29 is 18.0 Å². The van der Waals surface area contributed by atoms with E-state index in [1.54, 1.807) is 0 Å². The van der Waals surface area contributed by atoms with E-state index >= 15 is 0 Å². The third-order valence-electron chi connectivity index (χ3n) is 3.07. The van der Waals surface area contributed by atoms with E-state index < -0.39 is 23.2 Å². The molecule has 4 nitrogen and oxygen atoms in total. The lowest BCUT2D eigenvalue weighted by atomic mass is 9.98. The van der Waals surface area contributed by atoms with Crippen LogP contribution >= 0.6 is 0 Å². The van der Waals surface area contributed by atoms with Crippen LogP contribution in [-0.4, -0.2) is 11.4 Å². The maximum atomic E-state index is 12.9. The number of hydrazine groups is 1. The molecule has 0 saturated carbocycles. The first-order chi connectivity index (χ1) is 9.60. The van der Waals surface area contributed by atoms with Gasteiger partial charge in [0.25, 0.3) is 5.91 Å². The molecule has 0 bridgehead atoms. The maximum absolute atomic E-state index is 12.9. The van der Waals surface area contributed by atoms with Gasteiger partial charge in [0.2, 0.25) is 0 Å². The second kappa shape index (κ2) is 6.34. The van der Waals surface area contributed by atoms with Gasteiger partial charge in [-0.1, -0.05) is 13.3 Å². The van der Waals surface area contributed by atoms with Crippen LogP contribution in [0.3, 0.4) is 0 Å². The Balaban J connectivity index is 3.07. The standard InChI is InChI=1S/C14H20F3N3O/c1-4-7-13(2,3)19-12(21)9-5-6-11(20-18)10(8-9)14(15,16)17/h5-6,8,20H,4,7,18H2,1-3H3,(H,19,21). The summed E-state index contributed by atoms with van der Waals surface area (Å²) in [6.45, 7) is 5.63. The van der Waals surface area contributed by atoms with E-state index in [0.29, 0.717) is 0 Å². The van der Waals surface area contributed by atoms with Crippen LogP contribution in [0.4, 0.5) is 18.9 Å². The molecule has 1 aromatic carbocycles. The van der Waals surface area contributed by atoms with Gasteiger partial charge >= 0.3 is 6.18 Å². The second-order valence-corrected chi connectivity index (χ2v) is 5.49. The average Bonchev–Trinajstić information content (AvgIpc) is 2.36. The lowest BCUT2D eigenvalue weighted by molar-refractivity contribution is -0.137. The van der Waals surface area contributed by atoms with E-state index in [9.17, 15) is 18.0 Å². The quantitative estimate of drug-likeness (QED) is 0.577. The van der Waals surface area contributed by atoms with Gasteiger partial charge in [0.1, 0.15) is 0 Å². The zero-order chi connectivity index (χ0) is 16.3. The number of rotatable bonds is 5. The van der Waals surface area contributed by atoms with Crippen molar-refractivity contribution in [3.63, 3.8) is 0 Å². The molecule has 1 amide bonds. The van der Waals surface area contributed by atoms with Crippen molar-refractivity contribution in [2.75, 3.05) is 5.43 Å². The molecule has 0 radical (unpaired) electrons. The highest BCUT2D eigenvalue weighted by atomic mass is 19.4. The number of carbonyl (C=O) groups excluding carboxylic acids is 1. The topological polar surface area (TPSA) is 67.2 Å². The lowest BCUT2D eigenvalue weighted by Gasteiger charge is -2.26. The van der Waals surface area contributed by atoms with Crippen LogP contribution < -0.4 is 16.6 Å². The zero-order valence-corrected chi connectivity index (χ0v) is 12.3. The summed E-state index contributed by atoms with van der Waals surface area (Å²) in [5, 5.41) is 2.73. The monoisotopic (exact) mass is 303 g/mol. The number of nitrogens with one attached hydrogen (secondary N) is 2. The first kappa shape index (κ1) is 17.3. The summed E-state index contributed by atoms with van der Waals surface area (Å²) < 4.78 is 38.7. The predicted octanol–water partition coefficient (Wildman–Crippen LogP) is 3.30. The van der Waals surface area contributed by atoms with Crippen LogP contribution in [0, 0.1) is 0 Å². The van der Waals surface area contributed by atoms with Gasteiger partial charge in [-0.25, -0.2) is 0 Å². The van der Waals surface area contributed by atoms with Crippen LogP contribution in [0.1, 0.15) is 49.5 Å². The van der Waals surface area contributed by atoms with E-state index in [1.807, 2.05) is 26.2 Å².